The van der Waals surface area contributed by atoms with Gasteiger partial charge in [-0.1, -0.05) is 37.8 Å². The van der Waals surface area contributed by atoms with Crippen LogP contribution in [0.2, 0.25) is 0 Å². The van der Waals surface area contributed by atoms with Gasteiger partial charge in [-0.3, -0.25) is 0 Å². The second-order valence-corrected chi connectivity index (χ2v) is 4.24. The Labute approximate surface area is 88.5 Å². The SMILES string of the molecule is CC.CSc1nc2c([nH]1)=CC1CC1C=2. The number of aromatic amines is 1. The maximum atomic E-state index is 4.47. The van der Waals surface area contributed by atoms with Crippen LogP contribution in [-0.4, -0.2) is 16.2 Å². The molecule has 1 saturated carbocycles. The van der Waals surface area contributed by atoms with Crippen LogP contribution in [0.1, 0.15) is 20.3 Å². The smallest absolute Gasteiger partial charge is 0.166 e. The zero-order valence-corrected chi connectivity index (χ0v) is 9.69. The predicted octanol–water partition coefficient (Wildman–Crippen LogP) is 1.37. The molecule has 0 aliphatic heterocycles. The topological polar surface area (TPSA) is 28.7 Å². The average molecular weight is 208 g/mol. The van der Waals surface area contributed by atoms with Crippen LogP contribution >= 0.6 is 11.8 Å². The highest BCUT2D eigenvalue weighted by molar-refractivity contribution is 7.98. The molecule has 0 aromatic carbocycles. The van der Waals surface area contributed by atoms with Crippen molar-refractivity contribution < 1.29 is 0 Å². The highest BCUT2D eigenvalue weighted by Gasteiger charge is 2.35. The molecule has 2 nitrogen and oxygen atoms in total. The summed E-state index contributed by atoms with van der Waals surface area (Å²) < 4.78 is 0. The third kappa shape index (κ3) is 1.61. The van der Waals surface area contributed by atoms with Crippen LogP contribution in [0.4, 0.5) is 0 Å². The molecule has 0 bridgehead atoms. The Morgan fingerprint density at radius 2 is 2.07 bits per heavy atom. The summed E-state index contributed by atoms with van der Waals surface area (Å²) in [6.07, 6.45) is 8.01. The minimum atomic E-state index is 0.801. The molecule has 2 aliphatic carbocycles. The lowest BCUT2D eigenvalue weighted by Crippen LogP contribution is -2.26. The van der Waals surface area contributed by atoms with Gasteiger partial charge in [-0.2, -0.15) is 0 Å². The molecular weight excluding hydrogens is 192 g/mol. The number of rotatable bonds is 1. The molecule has 1 aromatic heterocycles. The lowest BCUT2D eigenvalue weighted by atomic mass is 10.2. The second kappa shape index (κ2) is 3.81. The molecule has 2 atom stereocenters. The van der Waals surface area contributed by atoms with Crippen LogP contribution in [0.15, 0.2) is 5.16 Å². The molecule has 1 heterocycles. The van der Waals surface area contributed by atoms with Gasteiger partial charge in [-0.25, -0.2) is 4.98 Å². The summed E-state index contributed by atoms with van der Waals surface area (Å²) in [6, 6.07) is 0. The van der Waals surface area contributed by atoms with Crippen LogP contribution in [0.3, 0.4) is 0 Å². The zero-order chi connectivity index (χ0) is 10.1. The number of nitrogens with one attached hydrogen (secondary N) is 1. The predicted molar refractivity (Wildman–Crippen MR) is 61.5 cm³/mol. The standard InChI is InChI=1S/C9H10N2S.C2H6/c1-12-9-10-7-3-5-2-6(5)4-8(7)11-9;1-2/h3-6H,2H2,1H3,(H,10,11);1-2H3. The highest BCUT2D eigenvalue weighted by atomic mass is 32.2. The van der Waals surface area contributed by atoms with Crippen molar-refractivity contribution in [2.45, 2.75) is 25.4 Å². The van der Waals surface area contributed by atoms with Gasteiger partial charge in [0.25, 0.3) is 0 Å². The summed E-state index contributed by atoms with van der Waals surface area (Å²) in [4.78, 5) is 7.77. The summed E-state index contributed by atoms with van der Waals surface area (Å²) in [6.45, 7) is 4.00. The van der Waals surface area contributed by atoms with E-state index in [4.69, 9.17) is 0 Å². The molecule has 0 radical (unpaired) electrons. The van der Waals surface area contributed by atoms with Crippen LogP contribution in [0, 0.1) is 11.8 Å². The van der Waals surface area contributed by atoms with Gasteiger partial charge in [0.1, 0.15) is 0 Å². The van der Waals surface area contributed by atoms with Crippen LogP contribution in [0.5, 0.6) is 0 Å². The van der Waals surface area contributed by atoms with Gasteiger partial charge in [0.15, 0.2) is 5.16 Å². The van der Waals surface area contributed by atoms with Crippen LogP contribution in [-0.2, 0) is 0 Å². The fraction of sp³-hybridized carbons (Fsp3) is 0.545. The Balaban J connectivity index is 0.000000354. The Bertz CT molecular complexity index is 395. The lowest BCUT2D eigenvalue weighted by molar-refractivity contribution is 1.04. The fourth-order valence-corrected chi connectivity index (χ4v) is 2.17. The van der Waals surface area contributed by atoms with E-state index in [-0.39, 0.29) is 0 Å². The molecule has 1 N–H and O–H groups in total. The summed E-state index contributed by atoms with van der Waals surface area (Å²) in [5.41, 5.74) is 0. The number of nitrogens with zero attached hydrogens (tertiary/aromatic N) is 1. The third-order valence-electron chi connectivity index (χ3n) is 2.58. The number of H-pyrrole nitrogens is 1. The first kappa shape index (κ1) is 9.84. The maximum absolute atomic E-state index is 4.47. The zero-order valence-electron chi connectivity index (χ0n) is 8.87. The van der Waals surface area contributed by atoms with Gasteiger partial charge < -0.3 is 4.98 Å². The van der Waals surface area contributed by atoms with Gasteiger partial charge in [-0.15, -0.1) is 0 Å². The molecule has 0 amide bonds. The van der Waals surface area contributed by atoms with Crippen molar-refractivity contribution in [3.8, 4) is 0 Å². The summed E-state index contributed by atoms with van der Waals surface area (Å²) >= 11 is 1.67. The van der Waals surface area contributed by atoms with E-state index < -0.39 is 0 Å². The van der Waals surface area contributed by atoms with Crippen molar-refractivity contribution in [1.29, 1.82) is 0 Å². The van der Waals surface area contributed by atoms with E-state index in [2.05, 4.69) is 22.1 Å². The fourth-order valence-electron chi connectivity index (χ4n) is 1.76. The van der Waals surface area contributed by atoms with Gasteiger partial charge in [0, 0.05) is 0 Å². The maximum Gasteiger partial charge on any atom is 0.166 e. The molecule has 0 saturated heterocycles. The molecule has 1 aromatic rings. The Kier molecular flexibility index (Phi) is 2.68. The van der Waals surface area contributed by atoms with E-state index in [1.807, 2.05) is 20.1 Å². The van der Waals surface area contributed by atoms with E-state index in [1.54, 1.807) is 11.8 Å². The molecule has 1 fully saturated rings. The van der Waals surface area contributed by atoms with E-state index >= 15 is 0 Å². The normalized spacial score (nSPS) is 25.9. The molecule has 2 unspecified atom stereocenters. The molecule has 3 rings (SSSR count). The monoisotopic (exact) mass is 208 g/mol. The van der Waals surface area contributed by atoms with Gasteiger partial charge >= 0.3 is 0 Å². The molecule has 0 spiro atoms. The first-order valence-corrected chi connectivity index (χ1v) is 6.43. The van der Waals surface area contributed by atoms with Gasteiger partial charge in [0.2, 0.25) is 0 Å². The number of thioether (sulfide) groups is 1. The van der Waals surface area contributed by atoms with E-state index in [1.165, 1.54) is 11.8 Å². The largest absolute Gasteiger partial charge is 0.333 e. The Morgan fingerprint density at radius 1 is 1.36 bits per heavy atom. The first-order valence-electron chi connectivity index (χ1n) is 5.20. The van der Waals surface area contributed by atoms with Crippen molar-refractivity contribution >= 4 is 23.9 Å². The number of hydrogen-bond donors (Lipinski definition) is 1. The number of imidazole rings is 1. The lowest BCUT2D eigenvalue weighted by Gasteiger charge is -1.89. The molecule has 2 aliphatic rings. The van der Waals surface area contributed by atoms with Crippen LogP contribution < -0.4 is 10.7 Å². The number of aromatic nitrogens is 2. The van der Waals surface area contributed by atoms with Crippen molar-refractivity contribution in [2.24, 2.45) is 11.8 Å². The average Bonchev–Trinajstić information content (AvgIpc) is 2.86. The van der Waals surface area contributed by atoms with E-state index in [9.17, 15) is 0 Å². The van der Waals surface area contributed by atoms with E-state index in [0.717, 1.165) is 22.3 Å². The Hall–Kier alpha value is -0.700. The number of fused-ring (bicyclic) bond motifs is 2. The van der Waals surface area contributed by atoms with Gasteiger partial charge in [0.05, 0.1) is 10.7 Å². The quantitative estimate of drug-likeness (QED) is 0.706. The summed E-state index contributed by atoms with van der Waals surface area (Å²) in [5.74, 6) is 1.61. The van der Waals surface area contributed by atoms with Crippen molar-refractivity contribution in [3.05, 3.63) is 10.7 Å². The van der Waals surface area contributed by atoms with Crippen molar-refractivity contribution in [2.75, 3.05) is 6.26 Å². The highest BCUT2D eigenvalue weighted by Crippen LogP contribution is 2.41. The number of hydrogen-bond acceptors (Lipinski definition) is 2. The van der Waals surface area contributed by atoms with Crippen molar-refractivity contribution in [1.82, 2.24) is 9.97 Å². The Morgan fingerprint density at radius 3 is 2.79 bits per heavy atom. The van der Waals surface area contributed by atoms with E-state index in [0.29, 0.717) is 0 Å². The van der Waals surface area contributed by atoms with Gasteiger partial charge in [-0.05, 0) is 24.5 Å². The minimum absolute atomic E-state index is 0.801. The second-order valence-electron chi connectivity index (χ2n) is 3.44. The summed E-state index contributed by atoms with van der Waals surface area (Å²) in [7, 11) is 0. The summed E-state index contributed by atoms with van der Waals surface area (Å²) in [5, 5.41) is 3.44. The molecule has 76 valence electrons. The van der Waals surface area contributed by atoms with Crippen LogP contribution in [0.25, 0.3) is 12.2 Å². The van der Waals surface area contributed by atoms with Crippen molar-refractivity contribution in [3.63, 3.8) is 0 Å². The molecule has 3 heteroatoms. The first-order chi connectivity index (χ1) is 6.86. The minimum Gasteiger partial charge on any atom is -0.333 e. The molecular formula is C11H16N2S. The third-order valence-corrected chi connectivity index (χ3v) is 3.16. The molecule has 14 heavy (non-hydrogen) atoms.